The molecule has 0 spiro atoms. The molecule has 140 valence electrons. The Morgan fingerprint density at radius 2 is 1.63 bits per heavy atom. The number of methoxy groups -OCH3 is 3. The zero-order chi connectivity index (χ0) is 19.1. The number of anilines is 3. The summed E-state index contributed by atoms with van der Waals surface area (Å²) in [4.78, 5) is 8.73. The number of rotatable bonds is 8. The molecule has 0 saturated carbocycles. The van der Waals surface area contributed by atoms with Crippen LogP contribution in [-0.4, -0.2) is 31.3 Å². The van der Waals surface area contributed by atoms with E-state index in [9.17, 15) is 0 Å². The fourth-order valence-corrected chi connectivity index (χ4v) is 2.50. The van der Waals surface area contributed by atoms with Crippen molar-refractivity contribution in [3.63, 3.8) is 0 Å². The lowest BCUT2D eigenvalue weighted by atomic mass is 10.2. The summed E-state index contributed by atoms with van der Waals surface area (Å²) in [6.45, 7) is 0.597. The molecule has 0 bridgehead atoms. The molecule has 2 aromatic carbocycles. The van der Waals surface area contributed by atoms with E-state index in [0.29, 0.717) is 24.0 Å². The molecule has 3 aromatic rings. The highest BCUT2D eigenvalue weighted by atomic mass is 16.5. The van der Waals surface area contributed by atoms with Crippen LogP contribution >= 0.6 is 0 Å². The van der Waals surface area contributed by atoms with E-state index in [1.54, 1.807) is 27.5 Å². The van der Waals surface area contributed by atoms with Crippen LogP contribution in [0.4, 0.5) is 17.5 Å². The van der Waals surface area contributed by atoms with E-state index < -0.39 is 0 Å². The highest BCUT2D eigenvalue weighted by molar-refractivity contribution is 5.56. The zero-order valence-electron chi connectivity index (χ0n) is 15.5. The molecule has 0 aliphatic rings. The molecule has 27 heavy (non-hydrogen) atoms. The Labute approximate surface area is 158 Å². The molecule has 7 heteroatoms. The molecular weight excluding hydrogens is 344 g/mol. The van der Waals surface area contributed by atoms with Gasteiger partial charge in [-0.3, -0.25) is 0 Å². The fourth-order valence-electron chi connectivity index (χ4n) is 2.50. The average molecular weight is 366 g/mol. The molecule has 1 heterocycles. The third-order valence-corrected chi connectivity index (χ3v) is 3.92. The molecule has 0 atom stereocenters. The zero-order valence-corrected chi connectivity index (χ0v) is 15.5. The lowest BCUT2D eigenvalue weighted by Gasteiger charge is -2.11. The van der Waals surface area contributed by atoms with Crippen molar-refractivity contribution in [3.8, 4) is 17.2 Å². The molecule has 0 radical (unpaired) electrons. The van der Waals surface area contributed by atoms with Gasteiger partial charge in [0.2, 0.25) is 5.95 Å². The van der Waals surface area contributed by atoms with Crippen molar-refractivity contribution in [1.29, 1.82) is 0 Å². The van der Waals surface area contributed by atoms with Crippen LogP contribution in [0.2, 0.25) is 0 Å². The third-order valence-electron chi connectivity index (χ3n) is 3.92. The van der Waals surface area contributed by atoms with Crippen LogP contribution in [0, 0.1) is 0 Å². The van der Waals surface area contributed by atoms with Gasteiger partial charge >= 0.3 is 0 Å². The van der Waals surface area contributed by atoms with Crippen LogP contribution in [0.3, 0.4) is 0 Å². The number of hydrogen-bond donors (Lipinski definition) is 2. The molecule has 0 saturated heterocycles. The second-order valence-electron chi connectivity index (χ2n) is 5.66. The fraction of sp³-hybridized carbons (Fsp3) is 0.200. The van der Waals surface area contributed by atoms with Gasteiger partial charge in [-0.25, -0.2) is 4.98 Å². The summed E-state index contributed by atoms with van der Waals surface area (Å²) in [7, 11) is 4.88. The molecule has 0 fully saturated rings. The number of ether oxygens (including phenoxy) is 3. The third kappa shape index (κ3) is 4.78. The Balaban J connectivity index is 1.65. The Bertz CT molecular complexity index is 885. The van der Waals surface area contributed by atoms with Crippen molar-refractivity contribution >= 4 is 17.5 Å². The summed E-state index contributed by atoms with van der Waals surface area (Å²) in [5, 5.41) is 6.46. The van der Waals surface area contributed by atoms with Gasteiger partial charge < -0.3 is 24.8 Å². The SMILES string of the molecule is COc1ccc(Nc2nccc(NCc3ccc(OC)c(OC)c3)n2)cc1. The summed E-state index contributed by atoms with van der Waals surface area (Å²) in [5.74, 6) is 3.43. The van der Waals surface area contributed by atoms with Gasteiger partial charge in [-0.2, -0.15) is 4.98 Å². The summed E-state index contributed by atoms with van der Waals surface area (Å²) < 4.78 is 15.7. The van der Waals surface area contributed by atoms with Crippen molar-refractivity contribution in [3.05, 3.63) is 60.3 Å². The van der Waals surface area contributed by atoms with E-state index in [1.807, 2.05) is 48.5 Å². The molecule has 0 aliphatic carbocycles. The Morgan fingerprint density at radius 3 is 2.33 bits per heavy atom. The van der Waals surface area contributed by atoms with E-state index in [0.717, 1.165) is 22.8 Å². The lowest BCUT2D eigenvalue weighted by Crippen LogP contribution is -2.04. The van der Waals surface area contributed by atoms with Crippen LogP contribution in [0.15, 0.2) is 54.7 Å². The Hall–Kier alpha value is -3.48. The van der Waals surface area contributed by atoms with Crippen LogP contribution in [0.5, 0.6) is 17.2 Å². The summed E-state index contributed by atoms with van der Waals surface area (Å²) in [5.41, 5.74) is 1.93. The first kappa shape index (κ1) is 18.3. The first-order valence-corrected chi connectivity index (χ1v) is 8.40. The molecule has 1 aromatic heterocycles. The van der Waals surface area contributed by atoms with Crippen LogP contribution in [0.1, 0.15) is 5.56 Å². The first-order valence-electron chi connectivity index (χ1n) is 8.40. The molecule has 3 rings (SSSR count). The minimum atomic E-state index is 0.512. The van der Waals surface area contributed by atoms with Gasteiger partial charge in [0.05, 0.1) is 21.3 Å². The topological polar surface area (TPSA) is 77.5 Å². The van der Waals surface area contributed by atoms with Crippen molar-refractivity contribution in [1.82, 2.24) is 9.97 Å². The maximum absolute atomic E-state index is 5.33. The van der Waals surface area contributed by atoms with Crippen LogP contribution in [0.25, 0.3) is 0 Å². The highest BCUT2D eigenvalue weighted by Crippen LogP contribution is 2.27. The summed E-state index contributed by atoms with van der Waals surface area (Å²) in [6.07, 6.45) is 1.70. The molecule has 0 amide bonds. The summed E-state index contributed by atoms with van der Waals surface area (Å²) in [6, 6.07) is 15.2. The van der Waals surface area contributed by atoms with E-state index in [4.69, 9.17) is 14.2 Å². The number of benzene rings is 2. The Morgan fingerprint density at radius 1 is 0.852 bits per heavy atom. The van der Waals surface area contributed by atoms with Crippen molar-refractivity contribution in [2.24, 2.45) is 0 Å². The average Bonchev–Trinajstić information content (AvgIpc) is 2.73. The van der Waals surface area contributed by atoms with E-state index >= 15 is 0 Å². The predicted molar refractivity (Wildman–Crippen MR) is 105 cm³/mol. The standard InChI is InChI=1S/C20H22N4O3/c1-25-16-7-5-15(6-8-16)23-20-21-11-10-19(24-20)22-13-14-4-9-17(26-2)18(12-14)27-3/h4-12H,13H2,1-3H3,(H2,21,22,23,24). The highest BCUT2D eigenvalue weighted by Gasteiger charge is 2.05. The van der Waals surface area contributed by atoms with Crippen molar-refractivity contribution in [2.45, 2.75) is 6.54 Å². The van der Waals surface area contributed by atoms with E-state index in [2.05, 4.69) is 20.6 Å². The molecule has 0 aliphatic heterocycles. The van der Waals surface area contributed by atoms with Gasteiger partial charge in [0.1, 0.15) is 11.6 Å². The minimum Gasteiger partial charge on any atom is -0.497 e. The van der Waals surface area contributed by atoms with Gasteiger partial charge in [-0.05, 0) is 48.0 Å². The normalized spacial score (nSPS) is 10.2. The number of aromatic nitrogens is 2. The largest absolute Gasteiger partial charge is 0.497 e. The minimum absolute atomic E-state index is 0.512. The number of nitrogens with one attached hydrogen (secondary N) is 2. The quantitative estimate of drug-likeness (QED) is 0.627. The monoisotopic (exact) mass is 366 g/mol. The lowest BCUT2D eigenvalue weighted by molar-refractivity contribution is 0.354. The number of hydrogen-bond acceptors (Lipinski definition) is 7. The van der Waals surface area contributed by atoms with Crippen LogP contribution in [-0.2, 0) is 6.54 Å². The maximum Gasteiger partial charge on any atom is 0.229 e. The van der Waals surface area contributed by atoms with Crippen molar-refractivity contribution < 1.29 is 14.2 Å². The van der Waals surface area contributed by atoms with E-state index in [1.165, 1.54) is 0 Å². The smallest absolute Gasteiger partial charge is 0.229 e. The van der Waals surface area contributed by atoms with Gasteiger partial charge in [-0.15, -0.1) is 0 Å². The summed E-state index contributed by atoms with van der Waals surface area (Å²) >= 11 is 0. The van der Waals surface area contributed by atoms with Gasteiger partial charge in [0, 0.05) is 18.4 Å². The van der Waals surface area contributed by atoms with Gasteiger partial charge in [0.15, 0.2) is 11.5 Å². The Kier molecular flexibility index (Phi) is 5.94. The van der Waals surface area contributed by atoms with E-state index in [-0.39, 0.29) is 0 Å². The molecule has 0 unspecified atom stereocenters. The second-order valence-corrected chi connectivity index (χ2v) is 5.66. The van der Waals surface area contributed by atoms with Crippen LogP contribution < -0.4 is 24.8 Å². The maximum atomic E-state index is 5.33. The van der Waals surface area contributed by atoms with Gasteiger partial charge in [0.25, 0.3) is 0 Å². The van der Waals surface area contributed by atoms with Gasteiger partial charge in [-0.1, -0.05) is 6.07 Å². The second kappa shape index (κ2) is 8.75. The number of nitrogens with zero attached hydrogens (tertiary/aromatic N) is 2. The van der Waals surface area contributed by atoms with Crippen molar-refractivity contribution in [2.75, 3.05) is 32.0 Å². The predicted octanol–water partition coefficient (Wildman–Crippen LogP) is 3.86. The molecular formula is C20H22N4O3. The molecule has 2 N–H and O–H groups in total. The molecule has 7 nitrogen and oxygen atoms in total. The first-order chi connectivity index (χ1) is 13.2.